The molecule has 2 nitrogen and oxygen atoms in total. The van der Waals surface area contributed by atoms with Crippen LogP contribution in [-0.4, -0.2) is 47.3 Å². The summed E-state index contributed by atoms with van der Waals surface area (Å²) in [5.41, 5.74) is 1.91. The number of thiocarbonyl (C=S) groups is 1. The Morgan fingerprint density at radius 1 is 0.880 bits per heavy atom. The van der Waals surface area contributed by atoms with Crippen molar-refractivity contribution in [1.82, 2.24) is 9.80 Å². The number of halogens is 2. The number of benzene rings is 2. The summed E-state index contributed by atoms with van der Waals surface area (Å²) in [5, 5.41) is -0.0895. The van der Waals surface area contributed by atoms with Crippen molar-refractivity contribution in [3.8, 4) is 0 Å². The Bertz CT molecular complexity index is 666. The topological polar surface area (TPSA) is 6.48 Å². The molecule has 132 valence electrons. The van der Waals surface area contributed by atoms with Gasteiger partial charge in [-0.25, -0.2) is 8.78 Å². The highest BCUT2D eigenvalue weighted by Gasteiger charge is 2.22. The smallest absolute Gasteiger partial charge is 0.137 e. The minimum absolute atomic E-state index is 0.0895. The molecule has 0 unspecified atom stereocenters. The molecule has 0 bridgehead atoms. The fourth-order valence-electron chi connectivity index (χ4n) is 2.77. The molecular weight excluding hydrogens is 358 g/mol. The second-order valence-corrected chi connectivity index (χ2v) is 7.90. The molecule has 0 radical (unpaired) electrons. The van der Waals surface area contributed by atoms with Gasteiger partial charge in [0.1, 0.15) is 16.0 Å². The number of thioether (sulfide) groups is 1. The first-order valence-corrected chi connectivity index (χ1v) is 9.47. The molecular formula is C19H20F2N2S2. The number of hydrogen-bond donors (Lipinski definition) is 0. The molecule has 0 saturated carbocycles. The summed E-state index contributed by atoms with van der Waals surface area (Å²) in [4.78, 5) is 4.49. The summed E-state index contributed by atoms with van der Waals surface area (Å²) in [6.07, 6.45) is 0. The van der Waals surface area contributed by atoms with E-state index in [-0.39, 0.29) is 16.9 Å². The maximum absolute atomic E-state index is 13.3. The van der Waals surface area contributed by atoms with Gasteiger partial charge in [0.05, 0.1) is 5.25 Å². The maximum atomic E-state index is 13.3. The van der Waals surface area contributed by atoms with Crippen LogP contribution in [0.2, 0.25) is 0 Å². The molecule has 1 aliphatic heterocycles. The number of rotatable bonds is 3. The number of piperazine rings is 1. The van der Waals surface area contributed by atoms with Gasteiger partial charge in [0.2, 0.25) is 0 Å². The standard InChI is InChI=1S/C19H20F2N2S2/c1-22-10-12-23(13-11-22)19(24)25-18(14-2-6-16(20)7-3-14)15-4-8-17(21)9-5-15/h2-9,18H,10-13H2,1H3. The first-order chi connectivity index (χ1) is 12.0. The molecule has 1 saturated heterocycles. The van der Waals surface area contributed by atoms with E-state index < -0.39 is 0 Å². The fraction of sp³-hybridized carbons (Fsp3) is 0.316. The lowest BCUT2D eigenvalue weighted by molar-refractivity contribution is 0.220. The summed E-state index contributed by atoms with van der Waals surface area (Å²) in [6, 6.07) is 12.9. The molecule has 1 aliphatic rings. The molecule has 0 spiro atoms. The van der Waals surface area contributed by atoms with Crippen molar-refractivity contribution < 1.29 is 8.78 Å². The quantitative estimate of drug-likeness (QED) is 0.734. The molecule has 0 atom stereocenters. The molecule has 0 aromatic heterocycles. The molecule has 0 amide bonds. The number of likely N-dealkylation sites (N-methyl/N-ethyl adjacent to an activating group) is 1. The zero-order valence-corrected chi connectivity index (χ0v) is 15.6. The van der Waals surface area contributed by atoms with Crippen LogP contribution in [0.1, 0.15) is 16.4 Å². The van der Waals surface area contributed by atoms with Crippen LogP contribution in [0.5, 0.6) is 0 Å². The first-order valence-electron chi connectivity index (χ1n) is 8.18. The molecule has 1 heterocycles. The third-order valence-corrected chi connectivity index (χ3v) is 6.11. The molecule has 2 aromatic rings. The van der Waals surface area contributed by atoms with Gasteiger partial charge < -0.3 is 9.80 Å². The van der Waals surface area contributed by atoms with Crippen LogP contribution in [0.15, 0.2) is 48.5 Å². The van der Waals surface area contributed by atoms with Gasteiger partial charge in [-0.3, -0.25) is 0 Å². The lowest BCUT2D eigenvalue weighted by atomic mass is 10.0. The SMILES string of the molecule is CN1CCN(C(=S)SC(c2ccc(F)cc2)c2ccc(F)cc2)CC1. The first kappa shape index (κ1) is 18.3. The van der Waals surface area contributed by atoms with Gasteiger partial charge in [0, 0.05) is 26.2 Å². The molecule has 1 fully saturated rings. The van der Waals surface area contributed by atoms with Gasteiger partial charge >= 0.3 is 0 Å². The molecule has 3 rings (SSSR count). The molecule has 0 aliphatic carbocycles. The Morgan fingerprint density at radius 2 is 1.32 bits per heavy atom. The van der Waals surface area contributed by atoms with E-state index >= 15 is 0 Å². The summed E-state index contributed by atoms with van der Waals surface area (Å²) in [7, 11) is 2.10. The van der Waals surface area contributed by atoms with E-state index in [1.165, 1.54) is 24.3 Å². The Kier molecular flexibility index (Phi) is 6.04. The van der Waals surface area contributed by atoms with Crippen molar-refractivity contribution in [3.63, 3.8) is 0 Å². The van der Waals surface area contributed by atoms with Crippen LogP contribution in [0.4, 0.5) is 8.78 Å². The maximum Gasteiger partial charge on any atom is 0.137 e. The van der Waals surface area contributed by atoms with Crippen molar-refractivity contribution in [3.05, 3.63) is 71.3 Å². The van der Waals surface area contributed by atoms with Gasteiger partial charge in [-0.1, -0.05) is 48.2 Å². The largest absolute Gasteiger partial charge is 0.355 e. The van der Waals surface area contributed by atoms with Crippen LogP contribution in [-0.2, 0) is 0 Å². The van der Waals surface area contributed by atoms with Crippen LogP contribution in [0, 0.1) is 11.6 Å². The van der Waals surface area contributed by atoms with Crippen molar-refractivity contribution in [2.45, 2.75) is 5.25 Å². The van der Waals surface area contributed by atoms with E-state index in [1.54, 1.807) is 36.0 Å². The van der Waals surface area contributed by atoms with Gasteiger partial charge in [0.15, 0.2) is 0 Å². The summed E-state index contributed by atoms with van der Waals surface area (Å²) >= 11 is 7.23. The van der Waals surface area contributed by atoms with Gasteiger partial charge in [0.25, 0.3) is 0 Å². The predicted molar refractivity (Wildman–Crippen MR) is 104 cm³/mol. The molecule has 0 N–H and O–H groups in total. The Morgan fingerprint density at radius 3 is 1.76 bits per heavy atom. The third-order valence-electron chi connectivity index (χ3n) is 4.33. The minimum atomic E-state index is -0.270. The monoisotopic (exact) mass is 378 g/mol. The van der Waals surface area contributed by atoms with E-state index in [9.17, 15) is 8.78 Å². The van der Waals surface area contributed by atoms with Crippen LogP contribution in [0.3, 0.4) is 0 Å². The van der Waals surface area contributed by atoms with Crippen molar-refractivity contribution in [2.75, 3.05) is 33.2 Å². The molecule has 6 heteroatoms. The molecule has 2 aromatic carbocycles. The van der Waals surface area contributed by atoms with Gasteiger partial charge in [-0.15, -0.1) is 0 Å². The minimum Gasteiger partial charge on any atom is -0.355 e. The van der Waals surface area contributed by atoms with E-state index in [2.05, 4.69) is 16.8 Å². The van der Waals surface area contributed by atoms with Crippen LogP contribution >= 0.6 is 24.0 Å². The van der Waals surface area contributed by atoms with E-state index in [0.717, 1.165) is 41.6 Å². The highest BCUT2D eigenvalue weighted by molar-refractivity contribution is 8.23. The second kappa shape index (κ2) is 8.25. The van der Waals surface area contributed by atoms with Crippen molar-refractivity contribution >= 4 is 28.3 Å². The predicted octanol–water partition coefficient (Wildman–Crippen LogP) is 4.32. The van der Waals surface area contributed by atoms with Crippen molar-refractivity contribution in [1.29, 1.82) is 0 Å². The zero-order chi connectivity index (χ0) is 17.8. The lowest BCUT2D eigenvalue weighted by Gasteiger charge is -2.34. The fourth-order valence-corrected chi connectivity index (χ4v) is 4.36. The van der Waals surface area contributed by atoms with Crippen LogP contribution in [0.25, 0.3) is 0 Å². The van der Waals surface area contributed by atoms with Crippen molar-refractivity contribution in [2.24, 2.45) is 0 Å². The van der Waals surface area contributed by atoms with Gasteiger partial charge in [-0.05, 0) is 42.4 Å². The third kappa shape index (κ3) is 4.77. The summed E-state index contributed by atoms with van der Waals surface area (Å²) in [6.45, 7) is 3.78. The second-order valence-electron chi connectivity index (χ2n) is 6.16. The normalized spacial score (nSPS) is 15.6. The highest BCUT2D eigenvalue weighted by Crippen LogP contribution is 2.37. The zero-order valence-electron chi connectivity index (χ0n) is 14.0. The Hall–Kier alpha value is -1.50. The Labute approximate surface area is 156 Å². The average Bonchev–Trinajstić information content (AvgIpc) is 2.62. The highest BCUT2D eigenvalue weighted by atomic mass is 32.2. The lowest BCUT2D eigenvalue weighted by Crippen LogP contribution is -2.45. The number of nitrogens with zero attached hydrogens (tertiary/aromatic N) is 2. The summed E-state index contributed by atoms with van der Waals surface area (Å²) < 4.78 is 27.4. The summed E-state index contributed by atoms with van der Waals surface area (Å²) in [5.74, 6) is -0.540. The van der Waals surface area contributed by atoms with E-state index in [0.29, 0.717) is 0 Å². The van der Waals surface area contributed by atoms with E-state index in [4.69, 9.17) is 12.2 Å². The van der Waals surface area contributed by atoms with Gasteiger partial charge in [-0.2, -0.15) is 0 Å². The van der Waals surface area contributed by atoms with E-state index in [1.807, 2.05) is 0 Å². The number of hydrogen-bond acceptors (Lipinski definition) is 3. The molecule has 25 heavy (non-hydrogen) atoms. The Balaban J connectivity index is 1.82. The van der Waals surface area contributed by atoms with Crippen LogP contribution < -0.4 is 0 Å². The average molecular weight is 379 g/mol.